The molecule has 12 rings (SSSR count). The number of imidazole rings is 3. The highest BCUT2D eigenvalue weighted by Crippen LogP contribution is 2.63. The highest BCUT2D eigenvalue weighted by molar-refractivity contribution is 8.14. The molecule has 0 radical (unpaired) electrons. The maximum atomic E-state index is 16.1. The lowest BCUT2D eigenvalue weighted by atomic mass is 9.97. The molecule has 0 amide bonds. The SMILES string of the molecule is CC(C)[C@H](N)C(=O)OCC(C)(C)C(=O)SCCOP1(=O)OC[C@H]2O[C@@H](n3cnc4c(=O)[nH]c(N)nc43)[C@](C)(F)[C@@H]2O1.CC(C)[C@H](N)C(=O)OCC(C)(C)C(=O)SCCO[P@@]1(=O)OC[C@H]2O[C@@H](n3cnc4c(=O)[nH]c(N)nc43)[C@](C)(F)[C@@H]2O1.CC(C)[C@H](N)C(=O)OCC(C)(C)C(=O)SCCO[P@]1(=O)OC[C@H]2O[C@@H](n3cnc4c(=O)[nH]c(N)nc43)[C@](C)(F)[C@@H]2O1. The number of carbonyl (C=O) groups is 6. The van der Waals surface area contributed by atoms with Gasteiger partial charge in [-0.1, -0.05) is 76.8 Å². The van der Waals surface area contributed by atoms with Crippen LogP contribution in [0.2, 0.25) is 0 Å². The summed E-state index contributed by atoms with van der Waals surface area (Å²) in [5, 5.41) is -0.875. The summed E-state index contributed by atoms with van der Waals surface area (Å²) < 4.78 is 173. The minimum atomic E-state index is -4.22. The van der Waals surface area contributed by atoms with Gasteiger partial charge in [0.2, 0.25) is 17.8 Å². The Hall–Kier alpha value is -7.20. The molecular formula is C69H102F3N18O27P3S3. The maximum absolute atomic E-state index is 16.1. The fraction of sp³-hybridized carbons (Fsp3) is 0.696. The summed E-state index contributed by atoms with van der Waals surface area (Å²) in [6.07, 6.45) is -7.43. The second-order valence-electron chi connectivity index (χ2n) is 32.9. The topological polar surface area (TPSA) is 639 Å². The van der Waals surface area contributed by atoms with Crippen LogP contribution in [0.4, 0.5) is 31.0 Å². The van der Waals surface area contributed by atoms with Crippen LogP contribution >= 0.6 is 58.8 Å². The van der Waals surface area contributed by atoms with E-state index in [0.717, 1.165) is 35.3 Å². The first-order valence-corrected chi connectivity index (χ1v) is 45.7. The first-order chi connectivity index (χ1) is 57.2. The molecule has 0 bridgehead atoms. The van der Waals surface area contributed by atoms with Crippen molar-refractivity contribution in [2.75, 3.05) is 93.9 Å². The summed E-state index contributed by atoms with van der Waals surface area (Å²) in [6.45, 7) is 22.0. The van der Waals surface area contributed by atoms with E-state index in [1.807, 2.05) is 0 Å². The Morgan fingerprint density at radius 1 is 0.472 bits per heavy atom. The molecule has 12 heterocycles. The summed E-state index contributed by atoms with van der Waals surface area (Å²) >= 11 is 2.66. The lowest BCUT2D eigenvalue weighted by Gasteiger charge is -2.33. The lowest BCUT2D eigenvalue weighted by molar-refractivity contribution is -0.151. The Balaban J connectivity index is 0.000000193. The fourth-order valence-electron chi connectivity index (χ4n) is 12.6. The number of rotatable bonds is 30. The number of hydrogen-bond donors (Lipinski definition) is 9. The highest BCUT2D eigenvalue weighted by Gasteiger charge is 2.65. The van der Waals surface area contributed by atoms with E-state index in [4.69, 9.17) is 104 Å². The molecule has 123 heavy (non-hydrogen) atoms. The normalized spacial score (nSPS) is 29.0. The van der Waals surface area contributed by atoms with Gasteiger partial charge < -0.3 is 62.8 Å². The Morgan fingerprint density at radius 3 is 0.935 bits per heavy atom. The van der Waals surface area contributed by atoms with Gasteiger partial charge in [-0.3, -0.25) is 113 Å². The molecular weight excluding hydrogens is 1760 g/mol. The van der Waals surface area contributed by atoms with Gasteiger partial charge in [-0.15, -0.1) is 0 Å². The molecule has 6 aliphatic rings. The molecule has 45 nitrogen and oxygen atoms in total. The van der Waals surface area contributed by atoms with Crippen molar-refractivity contribution in [1.82, 2.24) is 58.6 Å². The van der Waals surface area contributed by atoms with Gasteiger partial charge in [0, 0.05) is 17.3 Å². The number of aromatic amines is 3. The van der Waals surface area contributed by atoms with Crippen LogP contribution in [0.15, 0.2) is 33.4 Å². The number of ether oxygens (including phenoxy) is 6. The number of thioether (sulfide) groups is 3. The number of H-pyrrole nitrogens is 3. The Morgan fingerprint density at radius 2 is 0.707 bits per heavy atom. The number of alkyl halides is 3. The summed E-state index contributed by atoms with van der Waals surface area (Å²) in [6, 6.07) is -2.37. The van der Waals surface area contributed by atoms with E-state index in [0.29, 0.717) is 0 Å². The van der Waals surface area contributed by atoms with E-state index in [-0.39, 0.29) is 161 Å². The van der Waals surface area contributed by atoms with Crippen LogP contribution in [0.1, 0.15) is 123 Å². The van der Waals surface area contributed by atoms with Gasteiger partial charge >= 0.3 is 41.4 Å². The standard InChI is InChI=1S/3C23H34FN6O9PS/c3*1-11(2)13(25)18(32)35-9-22(3,4)20(33)41-7-6-36-40(34)37-8-12-15(39-40)23(5,24)19(38-12)30-10-27-14-16(30)28-21(26)29-17(14)31/h3*10-13,15,19H,6-9,25H2,1-5H3,(H3,26,28,29,31)/t12-,13+,15-,19-,23-,40?;12-,13+,15-,19-,23-,40+;12-,13+,15-,19-,23-,40-/m111/s1. The van der Waals surface area contributed by atoms with E-state index < -0.39 is 165 Å². The minimum absolute atomic E-state index is 0.00118. The van der Waals surface area contributed by atoms with Gasteiger partial charge in [-0.25, -0.2) is 41.8 Å². The van der Waals surface area contributed by atoms with E-state index >= 15 is 13.2 Å². The van der Waals surface area contributed by atoms with Gasteiger partial charge in [0.1, 0.15) is 74.6 Å². The van der Waals surface area contributed by atoms with Gasteiger partial charge in [0.15, 0.2) is 84.5 Å². The first kappa shape index (κ1) is 98.0. The largest absolute Gasteiger partial charge is 0.475 e. The number of fused-ring (bicyclic) bond motifs is 6. The third kappa shape index (κ3) is 22.1. The van der Waals surface area contributed by atoms with Crippen LogP contribution in [-0.2, 0) is 112 Å². The number of hydrogen-bond acceptors (Lipinski definition) is 42. The molecule has 1 unspecified atom stereocenters. The van der Waals surface area contributed by atoms with Crippen molar-refractivity contribution in [2.24, 2.45) is 51.2 Å². The lowest BCUT2D eigenvalue weighted by Crippen LogP contribution is -2.44. The van der Waals surface area contributed by atoms with Crippen LogP contribution in [-0.4, -0.2) is 240 Å². The Kier molecular flexibility index (Phi) is 30.6. The van der Waals surface area contributed by atoms with Crippen LogP contribution in [0.5, 0.6) is 0 Å². The quantitative estimate of drug-likeness (QED) is 0.0123. The number of halogens is 3. The van der Waals surface area contributed by atoms with Gasteiger partial charge in [-0.2, -0.15) is 15.0 Å². The van der Waals surface area contributed by atoms with Gasteiger partial charge in [-0.05, 0) is 80.1 Å². The van der Waals surface area contributed by atoms with Crippen molar-refractivity contribution in [3.05, 3.63) is 50.0 Å². The van der Waals surface area contributed by atoms with Crippen molar-refractivity contribution in [3.63, 3.8) is 0 Å². The smallest absolute Gasteiger partial charge is 0.463 e. The number of nitrogens with one attached hydrogen (secondary N) is 3. The molecule has 6 aliphatic heterocycles. The number of aromatic nitrogens is 12. The highest BCUT2D eigenvalue weighted by atomic mass is 32.2. The number of anilines is 3. The Labute approximate surface area is 712 Å². The number of phosphoric ester groups is 3. The number of carbonyl (C=O) groups excluding carboxylic acids is 6. The Bertz CT molecular complexity index is 4750. The van der Waals surface area contributed by atoms with Gasteiger partial charge in [0.25, 0.3) is 16.7 Å². The number of phosphoric acid groups is 3. The molecule has 15 N–H and O–H groups in total. The number of nitrogens with zero attached hydrogens (tertiary/aromatic N) is 9. The number of esters is 3. The summed E-state index contributed by atoms with van der Waals surface area (Å²) in [5.41, 5.74) is 22.4. The molecule has 0 aromatic carbocycles. The van der Waals surface area contributed by atoms with E-state index in [2.05, 4.69) is 44.9 Å². The average Bonchev–Trinajstić information content (AvgIpc) is 1.59. The molecule has 0 spiro atoms. The van der Waals surface area contributed by atoms with Crippen LogP contribution < -0.4 is 51.1 Å². The molecule has 6 saturated heterocycles. The van der Waals surface area contributed by atoms with Gasteiger partial charge in [0.05, 0.1) is 74.9 Å². The molecule has 54 heteroatoms. The molecule has 0 aliphatic carbocycles. The summed E-state index contributed by atoms with van der Waals surface area (Å²) in [7, 11) is -12.7. The van der Waals surface area contributed by atoms with E-state index in [1.54, 1.807) is 83.1 Å². The minimum Gasteiger partial charge on any atom is -0.463 e. The summed E-state index contributed by atoms with van der Waals surface area (Å²) in [4.78, 5) is 141. The molecule has 6 aromatic rings. The third-order valence-corrected chi connectivity index (χ3v) is 28.0. The van der Waals surface area contributed by atoms with E-state index in [9.17, 15) is 56.8 Å². The third-order valence-electron chi connectivity index (χ3n) is 20.1. The predicted molar refractivity (Wildman–Crippen MR) is 436 cm³/mol. The zero-order chi connectivity index (χ0) is 91.0. The monoisotopic (exact) mass is 1860 g/mol. The number of nitrogens with two attached hydrogens (primary N) is 6. The van der Waals surface area contributed by atoms with Crippen molar-refractivity contribution >= 4 is 143 Å². The molecule has 0 saturated carbocycles. The fourth-order valence-corrected chi connectivity index (χ4v) is 19.7. The zero-order valence-electron chi connectivity index (χ0n) is 69.6. The predicted octanol–water partition coefficient (Wildman–Crippen LogP) is 5.04. The van der Waals surface area contributed by atoms with Crippen LogP contribution in [0.25, 0.3) is 33.5 Å². The zero-order valence-corrected chi connectivity index (χ0v) is 74.7. The number of nitrogen functional groups attached to an aromatic ring is 3. The first-order valence-electron chi connectivity index (χ1n) is 38.4. The molecule has 6 aromatic heterocycles. The van der Waals surface area contributed by atoms with Crippen molar-refractivity contribution < 1.29 is 125 Å². The molecule has 6 fully saturated rings. The van der Waals surface area contributed by atoms with Crippen molar-refractivity contribution in [3.8, 4) is 0 Å². The maximum Gasteiger partial charge on any atom is 0.475 e. The van der Waals surface area contributed by atoms with Crippen LogP contribution in [0.3, 0.4) is 0 Å². The second kappa shape index (κ2) is 38.4. The average molecular weight is 1860 g/mol. The van der Waals surface area contributed by atoms with Crippen LogP contribution in [0, 0.1) is 34.0 Å². The van der Waals surface area contributed by atoms with E-state index in [1.165, 1.54) is 53.5 Å². The summed E-state index contributed by atoms with van der Waals surface area (Å²) in [5.74, 6) is -2.46. The second-order valence-corrected chi connectivity index (χ2v) is 40.9. The van der Waals surface area contributed by atoms with Crippen molar-refractivity contribution in [1.29, 1.82) is 0 Å². The molecule has 684 valence electrons. The van der Waals surface area contributed by atoms with Crippen molar-refractivity contribution in [2.45, 2.75) is 194 Å². The molecule has 18 atom stereocenters.